The van der Waals surface area contributed by atoms with Crippen molar-refractivity contribution in [1.82, 2.24) is 5.32 Å². The number of carbonyl (C=O) groups is 2. The summed E-state index contributed by atoms with van der Waals surface area (Å²) in [6, 6.07) is 4.13. The Morgan fingerprint density at radius 1 is 1.52 bits per heavy atom. The average Bonchev–Trinajstić information content (AvgIpc) is 2.84. The Balaban J connectivity index is 2.02. The second kappa shape index (κ2) is 6.89. The second-order valence-electron chi connectivity index (χ2n) is 5.15. The highest BCUT2D eigenvalue weighted by atomic mass is 35.5. The Bertz CT molecular complexity index is 550. The van der Waals surface area contributed by atoms with Crippen molar-refractivity contribution in [3.63, 3.8) is 0 Å². The first-order chi connectivity index (χ1) is 10.0. The maximum atomic E-state index is 13.2. The minimum Gasteiger partial charge on any atom is -0.356 e. The molecule has 0 radical (unpaired) electrons. The topological polar surface area (TPSA) is 49.4 Å². The summed E-state index contributed by atoms with van der Waals surface area (Å²) < 4.78 is 13.2. The highest BCUT2D eigenvalue weighted by Crippen LogP contribution is 2.28. The molecular weight excluding hydrogens is 295 g/mol. The van der Waals surface area contributed by atoms with Crippen molar-refractivity contribution in [2.75, 3.05) is 18.0 Å². The molecule has 6 heteroatoms. The number of halogens is 2. The number of nitrogens with one attached hydrogen (secondary N) is 1. The van der Waals surface area contributed by atoms with Crippen LogP contribution >= 0.6 is 11.6 Å². The minimum absolute atomic E-state index is 0.0313. The van der Waals surface area contributed by atoms with Crippen LogP contribution in [0.4, 0.5) is 10.1 Å². The van der Waals surface area contributed by atoms with Gasteiger partial charge in [-0.15, -0.1) is 0 Å². The molecule has 4 nitrogen and oxygen atoms in total. The number of hydrogen-bond donors (Lipinski definition) is 1. The summed E-state index contributed by atoms with van der Waals surface area (Å²) in [7, 11) is 0. The van der Waals surface area contributed by atoms with Gasteiger partial charge in [-0.2, -0.15) is 0 Å². The lowest BCUT2D eigenvalue weighted by Gasteiger charge is -2.17. The Morgan fingerprint density at radius 2 is 2.29 bits per heavy atom. The van der Waals surface area contributed by atoms with E-state index in [1.807, 2.05) is 6.92 Å². The molecule has 0 unspecified atom stereocenters. The summed E-state index contributed by atoms with van der Waals surface area (Å²) >= 11 is 5.73. The van der Waals surface area contributed by atoms with Crippen LogP contribution in [0.5, 0.6) is 0 Å². The Labute approximate surface area is 128 Å². The number of amides is 2. The highest BCUT2D eigenvalue weighted by Gasteiger charge is 2.35. The van der Waals surface area contributed by atoms with Gasteiger partial charge in [0.2, 0.25) is 11.8 Å². The average molecular weight is 313 g/mol. The van der Waals surface area contributed by atoms with Gasteiger partial charge in [0.15, 0.2) is 0 Å². The molecule has 1 fully saturated rings. The fourth-order valence-corrected chi connectivity index (χ4v) is 2.49. The smallest absolute Gasteiger partial charge is 0.227 e. The van der Waals surface area contributed by atoms with E-state index in [9.17, 15) is 14.0 Å². The molecule has 1 aromatic carbocycles. The minimum atomic E-state index is -0.527. The fraction of sp³-hybridized carbons (Fsp3) is 0.467. The van der Waals surface area contributed by atoms with Gasteiger partial charge in [0.25, 0.3) is 0 Å². The molecule has 1 aliphatic heterocycles. The van der Waals surface area contributed by atoms with Gasteiger partial charge < -0.3 is 10.2 Å². The van der Waals surface area contributed by atoms with Crippen molar-refractivity contribution in [2.45, 2.75) is 26.2 Å². The van der Waals surface area contributed by atoms with Crippen LogP contribution in [0.1, 0.15) is 26.2 Å². The van der Waals surface area contributed by atoms with Gasteiger partial charge in [0.1, 0.15) is 5.82 Å². The van der Waals surface area contributed by atoms with E-state index in [4.69, 9.17) is 11.6 Å². The molecule has 1 heterocycles. The first kappa shape index (κ1) is 15.8. The van der Waals surface area contributed by atoms with E-state index in [2.05, 4.69) is 5.32 Å². The maximum absolute atomic E-state index is 13.2. The van der Waals surface area contributed by atoms with E-state index in [1.165, 1.54) is 23.1 Å². The third kappa shape index (κ3) is 3.73. The molecule has 2 amide bonds. The molecule has 1 atom stereocenters. The SMILES string of the molecule is CCCCNC(=O)[C@@H]1CC(=O)N(c2ccc(F)c(Cl)c2)C1. The lowest BCUT2D eigenvalue weighted by Crippen LogP contribution is -2.33. The molecule has 2 rings (SSSR count). The number of rotatable bonds is 5. The predicted molar refractivity (Wildman–Crippen MR) is 79.8 cm³/mol. The van der Waals surface area contributed by atoms with Crippen molar-refractivity contribution in [3.05, 3.63) is 29.0 Å². The number of carbonyl (C=O) groups excluding carboxylic acids is 2. The van der Waals surface area contributed by atoms with Crippen molar-refractivity contribution in [1.29, 1.82) is 0 Å². The summed E-state index contributed by atoms with van der Waals surface area (Å²) in [5, 5.41) is 2.80. The number of benzene rings is 1. The zero-order chi connectivity index (χ0) is 15.4. The second-order valence-corrected chi connectivity index (χ2v) is 5.56. The lowest BCUT2D eigenvalue weighted by molar-refractivity contribution is -0.126. The third-order valence-electron chi connectivity index (χ3n) is 3.54. The quantitative estimate of drug-likeness (QED) is 0.850. The monoisotopic (exact) mass is 312 g/mol. The van der Waals surface area contributed by atoms with Crippen LogP contribution in [-0.2, 0) is 9.59 Å². The first-order valence-electron chi connectivity index (χ1n) is 7.06. The van der Waals surface area contributed by atoms with Crippen LogP contribution in [0.3, 0.4) is 0 Å². The Kier molecular flexibility index (Phi) is 5.17. The summed E-state index contributed by atoms with van der Waals surface area (Å²) in [6.45, 7) is 2.98. The van der Waals surface area contributed by atoms with Gasteiger partial charge >= 0.3 is 0 Å². The molecular formula is C15H18ClFN2O2. The van der Waals surface area contributed by atoms with Crippen LogP contribution < -0.4 is 10.2 Å². The van der Waals surface area contributed by atoms with E-state index in [0.717, 1.165) is 12.8 Å². The van der Waals surface area contributed by atoms with Crippen molar-refractivity contribution < 1.29 is 14.0 Å². The van der Waals surface area contributed by atoms with E-state index in [-0.39, 0.29) is 29.2 Å². The van der Waals surface area contributed by atoms with Crippen LogP contribution in [0, 0.1) is 11.7 Å². The molecule has 114 valence electrons. The normalized spacial score (nSPS) is 18.1. The molecule has 0 spiro atoms. The van der Waals surface area contributed by atoms with Crippen LogP contribution in [0.15, 0.2) is 18.2 Å². The van der Waals surface area contributed by atoms with E-state index in [1.54, 1.807) is 0 Å². The number of nitrogens with zero attached hydrogens (tertiary/aromatic N) is 1. The van der Waals surface area contributed by atoms with Gasteiger partial charge in [-0.05, 0) is 24.6 Å². The van der Waals surface area contributed by atoms with E-state index >= 15 is 0 Å². The largest absolute Gasteiger partial charge is 0.356 e. The Morgan fingerprint density at radius 3 is 2.95 bits per heavy atom. The fourth-order valence-electron chi connectivity index (χ4n) is 2.32. The number of hydrogen-bond acceptors (Lipinski definition) is 2. The van der Waals surface area contributed by atoms with Crippen LogP contribution in [0.25, 0.3) is 0 Å². The molecule has 0 aromatic heterocycles. The molecule has 1 N–H and O–H groups in total. The molecule has 1 aliphatic rings. The van der Waals surface area contributed by atoms with E-state index in [0.29, 0.717) is 18.8 Å². The van der Waals surface area contributed by atoms with E-state index < -0.39 is 5.82 Å². The summed E-state index contributed by atoms with van der Waals surface area (Å²) in [5.74, 6) is -1.14. The van der Waals surface area contributed by atoms with Crippen LogP contribution in [-0.4, -0.2) is 24.9 Å². The predicted octanol–water partition coefficient (Wildman–Crippen LogP) is 2.75. The molecule has 21 heavy (non-hydrogen) atoms. The molecule has 1 aromatic rings. The highest BCUT2D eigenvalue weighted by molar-refractivity contribution is 6.31. The zero-order valence-corrected chi connectivity index (χ0v) is 12.6. The molecule has 0 saturated carbocycles. The zero-order valence-electron chi connectivity index (χ0n) is 11.9. The number of unbranched alkanes of at least 4 members (excludes halogenated alkanes) is 1. The molecule has 0 aliphatic carbocycles. The van der Waals surface area contributed by atoms with Crippen molar-refractivity contribution in [3.8, 4) is 0 Å². The first-order valence-corrected chi connectivity index (χ1v) is 7.44. The van der Waals surface area contributed by atoms with Gasteiger partial charge in [0, 0.05) is 25.2 Å². The maximum Gasteiger partial charge on any atom is 0.227 e. The van der Waals surface area contributed by atoms with Gasteiger partial charge in [-0.25, -0.2) is 4.39 Å². The molecule has 1 saturated heterocycles. The molecule has 0 bridgehead atoms. The van der Waals surface area contributed by atoms with Gasteiger partial charge in [-0.1, -0.05) is 24.9 Å². The lowest BCUT2D eigenvalue weighted by atomic mass is 10.1. The summed E-state index contributed by atoms with van der Waals surface area (Å²) in [5.41, 5.74) is 0.523. The summed E-state index contributed by atoms with van der Waals surface area (Å²) in [4.78, 5) is 25.5. The van der Waals surface area contributed by atoms with Crippen molar-refractivity contribution in [2.24, 2.45) is 5.92 Å². The van der Waals surface area contributed by atoms with Crippen LogP contribution in [0.2, 0.25) is 5.02 Å². The van der Waals surface area contributed by atoms with Gasteiger partial charge in [-0.3, -0.25) is 9.59 Å². The van der Waals surface area contributed by atoms with Gasteiger partial charge in [0.05, 0.1) is 10.9 Å². The summed E-state index contributed by atoms with van der Waals surface area (Å²) in [6.07, 6.45) is 2.10. The Hall–Kier alpha value is -1.62. The number of anilines is 1. The third-order valence-corrected chi connectivity index (χ3v) is 3.83. The van der Waals surface area contributed by atoms with Crippen molar-refractivity contribution >= 4 is 29.1 Å². The standard InChI is InChI=1S/C15H18ClFN2O2/c1-2-3-6-18-15(21)10-7-14(20)19(9-10)11-4-5-13(17)12(16)8-11/h4-5,8,10H,2-3,6-7,9H2,1H3,(H,18,21)/t10-/m1/s1.